The van der Waals surface area contributed by atoms with Crippen molar-refractivity contribution in [2.45, 2.75) is 39.5 Å². The first kappa shape index (κ1) is 19.3. The molecule has 134 valence electrons. The monoisotopic (exact) mass is 348 g/mol. The van der Waals surface area contributed by atoms with Crippen LogP contribution in [-0.4, -0.2) is 11.0 Å². The lowest BCUT2D eigenvalue weighted by molar-refractivity contribution is -0.112. The molecule has 26 heavy (non-hydrogen) atoms. The minimum atomic E-state index is -0.455. The summed E-state index contributed by atoms with van der Waals surface area (Å²) in [5, 5.41) is 22.6. The summed E-state index contributed by atoms with van der Waals surface area (Å²) in [5.74, 6) is 0.0948. The van der Waals surface area contributed by atoms with Gasteiger partial charge >= 0.3 is 0 Å². The minimum Gasteiger partial charge on any atom is -0.507 e. The molecular weight excluding hydrogens is 324 g/mol. The first-order valence-corrected chi connectivity index (χ1v) is 8.68. The highest BCUT2D eigenvalue weighted by atomic mass is 16.3. The summed E-state index contributed by atoms with van der Waals surface area (Å²) in [6.45, 7) is 8.00. The fourth-order valence-corrected chi connectivity index (χ4v) is 2.70. The van der Waals surface area contributed by atoms with Crippen molar-refractivity contribution >= 4 is 17.7 Å². The predicted octanol–water partition coefficient (Wildman–Crippen LogP) is 5.18. The number of nitriles is 1. The van der Waals surface area contributed by atoms with Crippen molar-refractivity contribution in [1.82, 2.24) is 0 Å². The van der Waals surface area contributed by atoms with E-state index in [1.165, 1.54) is 0 Å². The maximum absolute atomic E-state index is 12.4. The van der Waals surface area contributed by atoms with E-state index >= 15 is 0 Å². The largest absolute Gasteiger partial charge is 0.507 e. The van der Waals surface area contributed by atoms with Crippen LogP contribution in [0, 0.1) is 11.3 Å². The lowest BCUT2D eigenvalue weighted by Crippen LogP contribution is -2.13. The Morgan fingerprint density at radius 2 is 1.62 bits per heavy atom. The zero-order chi connectivity index (χ0) is 19.3. The zero-order valence-corrected chi connectivity index (χ0v) is 15.6. The Balaban J connectivity index is 2.42. The van der Waals surface area contributed by atoms with Crippen molar-refractivity contribution in [2.75, 3.05) is 5.32 Å². The Bertz CT molecular complexity index is 830. The van der Waals surface area contributed by atoms with Gasteiger partial charge in [0.2, 0.25) is 0 Å². The van der Waals surface area contributed by atoms with Gasteiger partial charge in [0, 0.05) is 5.69 Å². The topological polar surface area (TPSA) is 73.1 Å². The Kier molecular flexibility index (Phi) is 6.19. The van der Waals surface area contributed by atoms with E-state index in [4.69, 9.17) is 0 Å². The molecule has 0 spiro atoms. The average molecular weight is 348 g/mol. The van der Waals surface area contributed by atoms with E-state index in [0.717, 1.165) is 16.7 Å². The number of nitrogens with zero attached hydrogens (tertiary/aromatic N) is 1. The number of amides is 1. The van der Waals surface area contributed by atoms with E-state index in [0.29, 0.717) is 11.4 Å². The Morgan fingerprint density at radius 3 is 2.08 bits per heavy atom. The van der Waals surface area contributed by atoms with Crippen LogP contribution in [0.2, 0.25) is 0 Å². The van der Waals surface area contributed by atoms with Gasteiger partial charge in [-0.2, -0.15) is 5.26 Å². The predicted molar refractivity (Wildman–Crippen MR) is 105 cm³/mol. The van der Waals surface area contributed by atoms with Crippen molar-refractivity contribution < 1.29 is 9.90 Å². The van der Waals surface area contributed by atoms with Crippen LogP contribution in [0.1, 0.15) is 56.2 Å². The molecule has 2 aromatic carbocycles. The summed E-state index contributed by atoms with van der Waals surface area (Å²) in [6, 6.07) is 14.6. The van der Waals surface area contributed by atoms with Crippen molar-refractivity contribution in [3.05, 3.63) is 64.7 Å². The fourth-order valence-electron chi connectivity index (χ4n) is 2.70. The first-order chi connectivity index (χ1) is 12.3. The molecule has 0 unspecified atom stereocenters. The second-order valence-corrected chi connectivity index (χ2v) is 6.85. The number of nitrogens with one attached hydrogen (secondary N) is 1. The van der Waals surface area contributed by atoms with Gasteiger partial charge in [0.1, 0.15) is 17.4 Å². The average Bonchev–Trinajstić information content (AvgIpc) is 2.60. The van der Waals surface area contributed by atoms with Crippen LogP contribution in [0.5, 0.6) is 5.75 Å². The van der Waals surface area contributed by atoms with Gasteiger partial charge in [-0.15, -0.1) is 0 Å². The molecule has 0 aliphatic rings. The number of rotatable bonds is 5. The van der Waals surface area contributed by atoms with Crippen molar-refractivity contribution in [1.29, 1.82) is 5.26 Å². The van der Waals surface area contributed by atoms with Gasteiger partial charge in [-0.05, 0) is 58.9 Å². The number of aromatic hydroxyl groups is 1. The number of carbonyl (C=O) groups excluding carboxylic acids is 1. The lowest BCUT2D eigenvalue weighted by atomic mass is 9.91. The van der Waals surface area contributed by atoms with Crippen LogP contribution in [0.4, 0.5) is 5.69 Å². The normalized spacial score (nSPS) is 11.5. The fraction of sp³-hybridized carbons (Fsp3) is 0.273. The first-order valence-electron chi connectivity index (χ1n) is 8.68. The van der Waals surface area contributed by atoms with Crippen LogP contribution >= 0.6 is 0 Å². The van der Waals surface area contributed by atoms with Crippen LogP contribution in [-0.2, 0) is 4.79 Å². The molecule has 0 heterocycles. The molecule has 2 N–H and O–H groups in total. The number of benzene rings is 2. The van der Waals surface area contributed by atoms with E-state index in [9.17, 15) is 15.2 Å². The van der Waals surface area contributed by atoms with Gasteiger partial charge in [-0.1, -0.05) is 45.9 Å². The summed E-state index contributed by atoms with van der Waals surface area (Å²) >= 11 is 0. The molecule has 2 rings (SSSR count). The van der Waals surface area contributed by atoms with Gasteiger partial charge in [0.25, 0.3) is 5.91 Å². The number of para-hydroxylation sites is 1. The third kappa shape index (κ3) is 4.52. The molecular formula is C22H24N2O2. The standard InChI is InChI=1S/C22H24N2O2/c1-14(2)19-11-16(12-20(15(3)4)21(19)25)10-17(13-23)22(26)24-18-8-6-5-7-9-18/h5-12,14-15,25H,1-4H3,(H,24,26)/b17-10+. The number of carbonyl (C=O) groups is 1. The molecule has 0 radical (unpaired) electrons. The summed E-state index contributed by atoms with van der Waals surface area (Å²) in [7, 11) is 0. The minimum absolute atomic E-state index is 0.0176. The van der Waals surface area contributed by atoms with Gasteiger partial charge in [0.05, 0.1) is 0 Å². The van der Waals surface area contributed by atoms with E-state index in [-0.39, 0.29) is 17.4 Å². The number of phenolic OH excluding ortho intramolecular Hbond substituents is 1. The van der Waals surface area contributed by atoms with Crippen LogP contribution in [0.15, 0.2) is 48.0 Å². The summed E-state index contributed by atoms with van der Waals surface area (Å²) in [4.78, 5) is 12.4. The molecule has 4 nitrogen and oxygen atoms in total. The highest BCUT2D eigenvalue weighted by Gasteiger charge is 2.16. The zero-order valence-electron chi connectivity index (χ0n) is 15.6. The summed E-state index contributed by atoms with van der Waals surface area (Å²) in [5.41, 5.74) is 3.00. The van der Waals surface area contributed by atoms with Gasteiger partial charge in [-0.3, -0.25) is 4.79 Å². The van der Waals surface area contributed by atoms with Crippen molar-refractivity contribution in [3.63, 3.8) is 0 Å². The maximum atomic E-state index is 12.4. The summed E-state index contributed by atoms with van der Waals surface area (Å²) < 4.78 is 0. The molecule has 0 saturated carbocycles. The Morgan fingerprint density at radius 1 is 1.08 bits per heavy atom. The maximum Gasteiger partial charge on any atom is 0.266 e. The van der Waals surface area contributed by atoms with Crippen LogP contribution < -0.4 is 5.32 Å². The quantitative estimate of drug-likeness (QED) is 0.577. The highest BCUT2D eigenvalue weighted by Crippen LogP contribution is 2.35. The molecule has 4 heteroatoms. The molecule has 0 saturated heterocycles. The molecule has 0 bridgehead atoms. The molecule has 1 amide bonds. The van der Waals surface area contributed by atoms with Gasteiger partial charge in [-0.25, -0.2) is 0 Å². The molecule has 0 aliphatic carbocycles. The highest BCUT2D eigenvalue weighted by molar-refractivity contribution is 6.09. The molecule has 0 fully saturated rings. The molecule has 0 aliphatic heterocycles. The molecule has 0 atom stereocenters. The number of hydrogen-bond acceptors (Lipinski definition) is 3. The van der Waals surface area contributed by atoms with Gasteiger partial charge in [0.15, 0.2) is 0 Å². The Hall–Kier alpha value is -3.06. The molecule has 0 aromatic heterocycles. The van der Waals surface area contributed by atoms with E-state index in [1.807, 2.05) is 64.1 Å². The molecule has 2 aromatic rings. The van der Waals surface area contributed by atoms with Crippen LogP contribution in [0.3, 0.4) is 0 Å². The van der Waals surface area contributed by atoms with Crippen molar-refractivity contribution in [2.24, 2.45) is 0 Å². The third-order valence-corrected chi connectivity index (χ3v) is 4.14. The summed E-state index contributed by atoms with van der Waals surface area (Å²) in [6.07, 6.45) is 1.56. The van der Waals surface area contributed by atoms with Crippen molar-refractivity contribution in [3.8, 4) is 11.8 Å². The number of phenols is 1. The number of anilines is 1. The van der Waals surface area contributed by atoms with Crippen LogP contribution in [0.25, 0.3) is 6.08 Å². The van der Waals surface area contributed by atoms with E-state index < -0.39 is 5.91 Å². The third-order valence-electron chi connectivity index (χ3n) is 4.14. The second kappa shape index (κ2) is 8.35. The number of hydrogen-bond donors (Lipinski definition) is 2. The second-order valence-electron chi connectivity index (χ2n) is 6.85. The van der Waals surface area contributed by atoms with E-state index in [1.54, 1.807) is 18.2 Å². The smallest absolute Gasteiger partial charge is 0.266 e. The van der Waals surface area contributed by atoms with E-state index in [2.05, 4.69) is 5.32 Å². The Labute approximate surface area is 154 Å². The van der Waals surface area contributed by atoms with Gasteiger partial charge < -0.3 is 10.4 Å². The lowest BCUT2D eigenvalue weighted by Gasteiger charge is -2.16. The SMILES string of the molecule is CC(C)c1cc(/C=C(\C#N)C(=O)Nc2ccccc2)cc(C(C)C)c1O.